The van der Waals surface area contributed by atoms with Crippen molar-refractivity contribution in [2.75, 3.05) is 25.0 Å². The fourth-order valence-electron chi connectivity index (χ4n) is 2.48. The van der Waals surface area contributed by atoms with Crippen molar-refractivity contribution in [1.29, 1.82) is 0 Å². The molecule has 0 aromatic carbocycles. The van der Waals surface area contributed by atoms with Crippen LogP contribution in [0.2, 0.25) is 5.02 Å². The highest BCUT2D eigenvalue weighted by Crippen LogP contribution is 2.19. The van der Waals surface area contributed by atoms with E-state index in [0.717, 1.165) is 32.4 Å². The van der Waals surface area contributed by atoms with Gasteiger partial charge in [-0.1, -0.05) is 18.5 Å². The maximum absolute atomic E-state index is 12.2. The van der Waals surface area contributed by atoms with Crippen LogP contribution < -0.4 is 5.32 Å². The van der Waals surface area contributed by atoms with Crippen molar-refractivity contribution in [3.05, 3.63) is 23.4 Å². The fourth-order valence-corrected chi connectivity index (χ4v) is 2.59. The minimum atomic E-state index is -0.270. The summed E-state index contributed by atoms with van der Waals surface area (Å²) in [5, 5.41) is 13.0. The predicted octanol–water partition coefficient (Wildman–Crippen LogP) is 2.16. The van der Waals surface area contributed by atoms with Crippen LogP contribution in [-0.4, -0.2) is 46.6 Å². The molecule has 0 saturated carbocycles. The zero-order valence-electron chi connectivity index (χ0n) is 12.3. The van der Waals surface area contributed by atoms with Crippen LogP contribution in [0.25, 0.3) is 0 Å². The number of aliphatic hydroxyl groups excluding tert-OH is 1. The molecule has 1 fully saturated rings. The van der Waals surface area contributed by atoms with E-state index in [-0.39, 0.29) is 17.9 Å². The first-order valence-electron chi connectivity index (χ1n) is 7.41. The van der Waals surface area contributed by atoms with Gasteiger partial charge in [0.2, 0.25) is 5.91 Å². The molecule has 2 rings (SSSR count). The Morgan fingerprint density at radius 2 is 2.24 bits per heavy atom. The van der Waals surface area contributed by atoms with Gasteiger partial charge in [0.15, 0.2) is 0 Å². The highest BCUT2D eigenvalue weighted by molar-refractivity contribution is 6.30. The fraction of sp³-hybridized carbons (Fsp3) is 0.600. The molecule has 0 bridgehead atoms. The molecule has 116 valence electrons. The molecule has 2 heterocycles. The van der Waals surface area contributed by atoms with Crippen molar-refractivity contribution in [2.24, 2.45) is 5.92 Å². The van der Waals surface area contributed by atoms with Gasteiger partial charge in [0.05, 0.1) is 11.1 Å². The summed E-state index contributed by atoms with van der Waals surface area (Å²) in [6, 6.07) is 3.41. The van der Waals surface area contributed by atoms with Gasteiger partial charge >= 0.3 is 0 Å². The average molecular weight is 312 g/mol. The van der Waals surface area contributed by atoms with Crippen molar-refractivity contribution in [2.45, 2.75) is 32.3 Å². The number of carbonyl (C=O) groups excluding carboxylic acids is 1. The van der Waals surface area contributed by atoms with E-state index in [9.17, 15) is 9.90 Å². The smallest absolute Gasteiger partial charge is 0.228 e. The zero-order chi connectivity index (χ0) is 15.2. The predicted molar refractivity (Wildman–Crippen MR) is 83.3 cm³/mol. The van der Waals surface area contributed by atoms with E-state index in [2.05, 4.69) is 15.2 Å². The Bertz CT molecular complexity index is 458. The minimum Gasteiger partial charge on any atom is -0.392 e. The normalized spacial score (nSPS) is 18.4. The van der Waals surface area contributed by atoms with Gasteiger partial charge in [-0.3, -0.25) is 4.79 Å². The largest absolute Gasteiger partial charge is 0.392 e. The van der Waals surface area contributed by atoms with E-state index in [4.69, 9.17) is 11.6 Å². The number of amides is 1. The maximum Gasteiger partial charge on any atom is 0.228 e. The second-order valence-electron chi connectivity index (χ2n) is 5.49. The standard InChI is InChI=1S/C15H22ClN3O2/c1-2-13(20)10-19-7-5-11(6-8-19)15(21)18-14-4-3-12(16)9-17-14/h3-4,9,11,13,20H,2,5-8,10H2,1H3,(H,17,18,21)/t13-/m1/s1. The third kappa shape index (κ3) is 4.95. The Labute approximate surface area is 130 Å². The summed E-state index contributed by atoms with van der Waals surface area (Å²) in [4.78, 5) is 18.5. The summed E-state index contributed by atoms with van der Waals surface area (Å²) in [6.07, 6.45) is 3.65. The van der Waals surface area contributed by atoms with Crippen LogP contribution in [0.15, 0.2) is 18.3 Å². The number of hydrogen-bond donors (Lipinski definition) is 2. The molecule has 1 saturated heterocycles. The van der Waals surface area contributed by atoms with Crippen molar-refractivity contribution >= 4 is 23.3 Å². The van der Waals surface area contributed by atoms with Crippen molar-refractivity contribution in [3.63, 3.8) is 0 Å². The lowest BCUT2D eigenvalue weighted by molar-refractivity contribution is -0.121. The maximum atomic E-state index is 12.2. The summed E-state index contributed by atoms with van der Waals surface area (Å²) in [5.74, 6) is 0.561. The molecule has 5 nitrogen and oxygen atoms in total. The van der Waals surface area contributed by atoms with Gasteiger partial charge in [-0.2, -0.15) is 0 Å². The first kappa shape index (κ1) is 16.2. The first-order valence-corrected chi connectivity index (χ1v) is 7.79. The van der Waals surface area contributed by atoms with Crippen molar-refractivity contribution in [1.82, 2.24) is 9.88 Å². The van der Waals surface area contributed by atoms with Gasteiger partial charge < -0.3 is 15.3 Å². The molecular formula is C15H22ClN3O2. The number of piperidine rings is 1. The number of aromatic nitrogens is 1. The SMILES string of the molecule is CC[C@@H](O)CN1CCC(C(=O)Nc2ccc(Cl)cn2)CC1. The van der Waals surface area contributed by atoms with E-state index in [1.165, 1.54) is 6.20 Å². The Balaban J connectivity index is 1.79. The Morgan fingerprint density at radius 1 is 1.52 bits per heavy atom. The molecule has 0 spiro atoms. The van der Waals surface area contributed by atoms with Crippen LogP contribution in [0.1, 0.15) is 26.2 Å². The summed E-state index contributed by atoms with van der Waals surface area (Å²) in [7, 11) is 0. The number of halogens is 1. The Morgan fingerprint density at radius 3 is 2.81 bits per heavy atom. The van der Waals surface area contributed by atoms with Gasteiger partial charge in [0.1, 0.15) is 5.82 Å². The number of hydrogen-bond acceptors (Lipinski definition) is 4. The number of carbonyl (C=O) groups is 1. The highest BCUT2D eigenvalue weighted by atomic mass is 35.5. The number of aliphatic hydroxyl groups is 1. The van der Waals surface area contributed by atoms with E-state index < -0.39 is 0 Å². The molecule has 2 N–H and O–H groups in total. The van der Waals surface area contributed by atoms with Crippen LogP contribution in [-0.2, 0) is 4.79 Å². The number of rotatable bonds is 5. The van der Waals surface area contributed by atoms with Crippen LogP contribution in [0.5, 0.6) is 0 Å². The molecule has 1 aromatic rings. The molecule has 1 aliphatic rings. The second-order valence-corrected chi connectivity index (χ2v) is 5.92. The molecule has 0 aliphatic carbocycles. The quantitative estimate of drug-likeness (QED) is 0.874. The van der Waals surface area contributed by atoms with Gasteiger partial charge in [0, 0.05) is 18.7 Å². The molecule has 1 aliphatic heterocycles. The third-order valence-corrected chi connectivity index (χ3v) is 4.10. The molecule has 1 aromatic heterocycles. The summed E-state index contributed by atoms with van der Waals surface area (Å²) < 4.78 is 0. The van der Waals surface area contributed by atoms with Gasteiger partial charge in [-0.05, 0) is 44.5 Å². The third-order valence-electron chi connectivity index (χ3n) is 3.88. The van der Waals surface area contributed by atoms with E-state index in [1.54, 1.807) is 12.1 Å². The lowest BCUT2D eigenvalue weighted by Gasteiger charge is -2.32. The van der Waals surface area contributed by atoms with Crippen LogP contribution in [0.3, 0.4) is 0 Å². The van der Waals surface area contributed by atoms with Gasteiger partial charge in [-0.15, -0.1) is 0 Å². The summed E-state index contributed by atoms with van der Waals surface area (Å²) in [6.45, 7) is 4.37. The number of pyridine rings is 1. The monoisotopic (exact) mass is 311 g/mol. The average Bonchev–Trinajstić information content (AvgIpc) is 2.50. The Kier molecular flexibility index (Phi) is 5.96. The number of likely N-dealkylation sites (tertiary alicyclic amines) is 1. The number of nitrogens with one attached hydrogen (secondary N) is 1. The lowest BCUT2D eigenvalue weighted by atomic mass is 9.95. The second kappa shape index (κ2) is 7.73. The Hall–Kier alpha value is -1.17. The molecule has 1 atom stereocenters. The zero-order valence-corrected chi connectivity index (χ0v) is 13.0. The van der Waals surface area contributed by atoms with E-state index in [1.807, 2.05) is 6.92 Å². The number of β-amino-alcohol motifs (C(OH)–C–C–N with tert-alkyl or cyclic N) is 1. The molecule has 0 radical (unpaired) electrons. The molecule has 21 heavy (non-hydrogen) atoms. The lowest BCUT2D eigenvalue weighted by Crippen LogP contribution is -2.41. The minimum absolute atomic E-state index is 0.0116. The molecular weight excluding hydrogens is 290 g/mol. The number of nitrogens with zero attached hydrogens (tertiary/aromatic N) is 2. The van der Waals surface area contributed by atoms with Crippen molar-refractivity contribution in [3.8, 4) is 0 Å². The van der Waals surface area contributed by atoms with Crippen molar-refractivity contribution < 1.29 is 9.90 Å². The van der Waals surface area contributed by atoms with E-state index >= 15 is 0 Å². The first-order chi connectivity index (χ1) is 10.1. The molecule has 1 amide bonds. The van der Waals surface area contributed by atoms with Gasteiger partial charge in [0.25, 0.3) is 0 Å². The molecule has 6 heteroatoms. The van der Waals surface area contributed by atoms with Crippen LogP contribution in [0.4, 0.5) is 5.82 Å². The molecule has 0 unspecified atom stereocenters. The highest BCUT2D eigenvalue weighted by Gasteiger charge is 2.25. The van der Waals surface area contributed by atoms with Gasteiger partial charge in [-0.25, -0.2) is 4.98 Å². The summed E-state index contributed by atoms with van der Waals surface area (Å²) in [5.41, 5.74) is 0. The van der Waals surface area contributed by atoms with E-state index in [0.29, 0.717) is 17.4 Å². The number of anilines is 1. The topological polar surface area (TPSA) is 65.5 Å². The van der Waals surface area contributed by atoms with Crippen LogP contribution in [0, 0.1) is 5.92 Å². The summed E-state index contributed by atoms with van der Waals surface area (Å²) >= 11 is 5.77. The van der Waals surface area contributed by atoms with Crippen LogP contribution >= 0.6 is 11.6 Å².